The number of amidine groups is 1. The molecule has 0 saturated heterocycles. The molecule has 1 aromatic carbocycles. The van der Waals surface area contributed by atoms with Gasteiger partial charge in [-0.05, 0) is 29.7 Å². The Morgan fingerprint density at radius 2 is 2.16 bits per heavy atom. The quantitative estimate of drug-likeness (QED) is 0.659. The number of rotatable bonds is 4. The van der Waals surface area contributed by atoms with Gasteiger partial charge in [0.2, 0.25) is 0 Å². The van der Waals surface area contributed by atoms with Gasteiger partial charge in [-0.3, -0.25) is 10.2 Å². The van der Waals surface area contributed by atoms with Gasteiger partial charge in [-0.2, -0.15) is 0 Å². The average molecular weight is 277 g/mol. The Labute approximate surface area is 115 Å². The molecule has 2 rings (SSSR count). The average Bonchev–Trinajstić information content (AvgIpc) is 2.78. The largest absolute Gasteiger partial charge is 0.484 e. The maximum Gasteiger partial charge on any atom is 0.259 e. The molecular weight excluding hydrogens is 262 g/mol. The SMILES string of the molecule is CN(C)C(=O)COc1ccc2cc(C(=N)N)sc2c1. The number of likely N-dealkylation sites (N-methyl/N-ethyl adjacent to an activating group) is 1. The minimum atomic E-state index is -0.0873. The van der Waals surface area contributed by atoms with Crippen molar-refractivity contribution in [3.05, 3.63) is 29.1 Å². The second kappa shape index (κ2) is 5.27. The van der Waals surface area contributed by atoms with E-state index in [1.54, 1.807) is 14.1 Å². The molecule has 0 radical (unpaired) electrons. The van der Waals surface area contributed by atoms with E-state index in [0.717, 1.165) is 15.0 Å². The van der Waals surface area contributed by atoms with Crippen LogP contribution in [0.15, 0.2) is 24.3 Å². The van der Waals surface area contributed by atoms with Crippen molar-refractivity contribution in [2.45, 2.75) is 0 Å². The Hall–Kier alpha value is -2.08. The number of fused-ring (bicyclic) bond motifs is 1. The highest BCUT2D eigenvalue weighted by Gasteiger charge is 2.08. The Bertz CT molecular complexity index is 634. The van der Waals surface area contributed by atoms with Crippen LogP contribution in [0.1, 0.15) is 4.88 Å². The summed E-state index contributed by atoms with van der Waals surface area (Å²) in [6.45, 7) is 0.0173. The maximum atomic E-state index is 11.4. The number of nitrogens with one attached hydrogen (secondary N) is 1. The van der Waals surface area contributed by atoms with Crippen LogP contribution in [-0.2, 0) is 4.79 Å². The Kier molecular flexibility index (Phi) is 3.71. The van der Waals surface area contributed by atoms with Gasteiger partial charge in [0.25, 0.3) is 5.91 Å². The smallest absolute Gasteiger partial charge is 0.259 e. The number of amides is 1. The van der Waals surface area contributed by atoms with Crippen LogP contribution in [0.4, 0.5) is 0 Å². The molecule has 3 N–H and O–H groups in total. The second-order valence-electron chi connectivity index (χ2n) is 4.30. The molecule has 5 nitrogen and oxygen atoms in total. The number of carbonyl (C=O) groups is 1. The lowest BCUT2D eigenvalue weighted by Crippen LogP contribution is -2.27. The third kappa shape index (κ3) is 3.03. The van der Waals surface area contributed by atoms with E-state index < -0.39 is 0 Å². The van der Waals surface area contributed by atoms with Crippen molar-refractivity contribution in [2.75, 3.05) is 20.7 Å². The van der Waals surface area contributed by atoms with E-state index in [2.05, 4.69) is 0 Å². The molecule has 1 heterocycles. The Balaban J connectivity index is 2.17. The van der Waals surface area contributed by atoms with Crippen molar-refractivity contribution < 1.29 is 9.53 Å². The van der Waals surface area contributed by atoms with Crippen molar-refractivity contribution in [2.24, 2.45) is 5.73 Å². The van der Waals surface area contributed by atoms with E-state index in [4.69, 9.17) is 15.9 Å². The highest BCUT2D eigenvalue weighted by Crippen LogP contribution is 2.28. The fraction of sp³-hybridized carbons (Fsp3) is 0.231. The number of hydrogen-bond donors (Lipinski definition) is 2. The second-order valence-corrected chi connectivity index (χ2v) is 5.38. The number of thiophene rings is 1. The molecule has 0 unspecified atom stereocenters. The predicted octanol–water partition coefficient (Wildman–Crippen LogP) is 1.65. The number of carbonyl (C=O) groups excluding carboxylic acids is 1. The molecule has 19 heavy (non-hydrogen) atoms. The first-order chi connectivity index (χ1) is 8.97. The van der Waals surface area contributed by atoms with Gasteiger partial charge < -0.3 is 15.4 Å². The first-order valence-corrected chi connectivity index (χ1v) is 6.50. The third-order valence-corrected chi connectivity index (χ3v) is 3.75. The number of nitrogen functional groups attached to an aromatic ring is 1. The highest BCUT2D eigenvalue weighted by atomic mass is 32.1. The topological polar surface area (TPSA) is 79.4 Å². The van der Waals surface area contributed by atoms with Gasteiger partial charge in [-0.15, -0.1) is 11.3 Å². The molecular formula is C13H15N3O2S. The predicted molar refractivity (Wildman–Crippen MR) is 77.0 cm³/mol. The number of nitrogens with two attached hydrogens (primary N) is 1. The van der Waals surface area contributed by atoms with Gasteiger partial charge in [-0.1, -0.05) is 0 Å². The first kappa shape index (κ1) is 13.4. The molecule has 0 aliphatic rings. The number of ether oxygens (including phenoxy) is 1. The number of benzene rings is 1. The monoisotopic (exact) mass is 277 g/mol. The van der Waals surface area contributed by atoms with E-state index in [-0.39, 0.29) is 18.3 Å². The maximum absolute atomic E-state index is 11.4. The van der Waals surface area contributed by atoms with Gasteiger partial charge >= 0.3 is 0 Å². The zero-order valence-electron chi connectivity index (χ0n) is 10.8. The van der Waals surface area contributed by atoms with Gasteiger partial charge in [-0.25, -0.2) is 0 Å². The molecule has 100 valence electrons. The third-order valence-electron chi connectivity index (χ3n) is 2.62. The van der Waals surface area contributed by atoms with Crippen molar-refractivity contribution in [1.82, 2.24) is 4.90 Å². The van der Waals surface area contributed by atoms with Crippen LogP contribution >= 0.6 is 11.3 Å². The van der Waals surface area contributed by atoms with Gasteiger partial charge in [0, 0.05) is 18.8 Å². The lowest BCUT2D eigenvalue weighted by atomic mass is 10.2. The van der Waals surface area contributed by atoms with E-state index in [1.807, 2.05) is 24.3 Å². The molecule has 1 aromatic heterocycles. The van der Waals surface area contributed by atoms with Crippen molar-refractivity contribution in [3.8, 4) is 5.75 Å². The molecule has 0 aliphatic carbocycles. The fourth-order valence-corrected chi connectivity index (χ4v) is 2.46. The standard InChI is InChI=1S/C13H15N3O2S/c1-16(2)12(17)7-18-9-4-3-8-5-11(13(14)15)19-10(8)6-9/h3-6H,7H2,1-2H3,(H3,14,15). The number of nitrogens with zero attached hydrogens (tertiary/aromatic N) is 1. The summed E-state index contributed by atoms with van der Waals surface area (Å²) in [7, 11) is 3.38. The lowest BCUT2D eigenvalue weighted by molar-refractivity contribution is -0.130. The van der Waals surface area contributed by atoms with Crippen LogP contribution in [0.3, 0.4) is 0 Å². The Morgan fingerprint density at radius 1 is 1.42 bits per heavy atom. The zero-order chi connectivity index (χ0) is 14.0. The molecule has 6 heteroatoms. The van der Waals surface area contributed by atoms with Crippen LogP contribution in [-0.4, -0.2) is 37.3 Å². The van der Waals surface area contributed by atoms with E-state index in [1.165, 1.54) is 16.2 Å². The summed E-state index contributed by atoms with van der Waals surface area (Å²) in [6, 6.07) is 7.43. The van der Waals surface area contributed by atoms with Crippen LogP contribution in [0, 0.1) is 5.41 Å². The summed E-state index contributed by atoms with van der Waals surface area (Å²) < 4.78 is 6.42. The minimum Gasteiger partial charge on any atom is -0.484 e. The van der Waals surface area contributed by atoms with Crippen molar-refractivity contribution in [1.29, 1.82) is 5.41 Å². The minimum absolute atomic E-state index is 0.0173. The Morgan fingerprint density at radius 3 is 2.79 bits per heavy atom. The molecule has 0 fully saturated rings. The summed E-state index contributed by atoms with van der Waals surface area (Å²) in [5.41, 5.74) is 5.46. The zero-order valence-corrected chi connectivity index (χ0v) is 11.6. The normalized spacial score (nSPS) is 10.4. The van der Waals surface area contributed by atoms with E-state index in [0.29, 0.717) is 5.75 Å². The molecule has 0 aliphatic heterocycles. The fourth-order valence-electron chi connectivity index (χ4n) is 1.51. The van der Waals surface area contributed by atoms with E-state index in [9.17, 15) is 4.79 Å². The lowest BCUT2D eigenvalue weighted by Gasteiger charge is -2.11. The summed E-state index contributed by atoms with van der Waals surface area (Å²) >= 11 is 1.44. The van der Waals surface area contributed by atoms with Crippen LogP contribution in [0.25, 0.3) is 10.1 Å². The van der Waals surface area contributed by atoms with Gasteiger partial charge in [0.05, 0.1) is 4.88 Å². The summed E-state index contributed by atoms with van der Waals surface area (Å²) in [5, 5.41) is 8.43. The summed E-state index contributed by atoms with van der Waals surface area (Å²) in [5.74, 6) is 0.613. The molecule has 0 spiro atoms. The molecule has 2 aromatic rings. The van der Waals surface area contributed by atoms with Crippen LogP contribution in [0.5, 0.6) is 5.75 Å². The molecule has 0 saturated carbocycles. The molecule has 0 atom stereocenters. The van der Waals surface area contributed by atoms with Gasteiger partial charge in [0.15, 0.2) is 6.61 Å². The van der Waals surface area contributed by atoms with Crippen molar-refractivity contribution >= 4 is 33.2 Å². The summed E-state index contributed by atoms with van der Waals surface area (Å²) in [4.78, 5) is 13.6. The van der Waals surface area contributed by atoms with Crippen LogP contribution < -0.4 is 10.5 Å². The summed E-state index contributed by atoms with van der Waals surface area (Å²) in [6.07, 6.45) is 0. The van der Waals surface area contributed by atoms with E-state index >= 15 is 0 Å². The highest BCUT2D eigenvalue weighted by molar-refractivity contribution is 7.20. The molecule has 0 bridgehead atoms. The van der Waals surface area contributed by atoms with Crippen molar-refractivity contribution in [3.63, 3.8) is 0 Å². The van der Waals surface area contributed by atoms with Gasteiger partial charge in [0.1, 0.15) is 11.6 Å². The number of hydrogen-bond acceptors (Lipinski definition) is 4. The first-order valence-electron chi connectivity index (χ1n) is 5.68. The molecule has 1 amide bonds. The van der Waals surface area contributed by atoms with Crippen LogP contribution in [0.2, 0.25) is 0 Å².